The summed E-state index contributed by atoms with van der Waals surface area (Å²) in [6.45, 7) is 15.1. The van der Waals surface area contributed by atoms with Crippen LogP contribution in [-0.2, 0) is 6.54 Å². The van der Waals surface area contributed by atoms with E-state index in [9.17, 15) is 0 Å². The molecule has 0 aliphatic carbocycles. The second-order valence-corrected chi connectivity index (χ2v) is 5.01. The molecular weight excluding hydrogens is 222 g/mol. The minimum atomic E-state index is 0.506. The Morgan fingerprint density at radius 1 is 1.28 bits per heavy atom. The molecule has 0 saturated heterocycles. The number of nitrogens with zero attached hydrogens (tertiary/aromatic N) is 2. The Balaban J connectivity index is 2.42. The van der Waals surface area contributed by atoms with Crippen molar-refractivity contribution in [1.82, 2.24) is 15.2 Å². The Hall–Kier alpha value is -0.930. The number of hydrogen-bond acceptors (Lipinski definition) is 3. The summed E-state index contributed by atoms with van der Waals surface area (Å²) in [4.78, 5) is 6.84. The van der Waals surface area contributed by atoms with Crippen molar-refractivity contribution in [3.05, 3.63) is 29.1 Å². The first-order valence-electron chi connectivity index (χ1n) is 6.94. The number of nitrogens with one attached hydrogen (secondary N) is 1. The molecule has 0 bridgehead atoms. The monoisotopic (exact) mass is 249 g/mol. The quantitative estimate of drug-likeness (QED) is 0.805. The second kappa shape index (κ2) is 7.49. The van der Waals surface area contributed by atoms with Crippen molar-refractivity contribution < 1.29 is 0 Å². The van der Waals surface area contributed by atoms with Crippen LogP contribution in [-0.4, -0.2) is 35.6 Å². The van der Waals surface area contributed by atoms with Crippen molar-refractivity contribution >= 4 is 0 Å². The molecule has 102 valence electrons. The van der Waals surface area contributed by atoms with Crippen molar-refractivity contribution in [2.24, 2.45) is 0 Å². The summed E-state index contributed by atoms with van der Waals surface area (Å²) in [5.41, 5.74) is 3.66. The minimum absolute atomic E-state index is 0.506. The summed E-state index contributed by atoms with van der Waals surface area (Å²) < 4.78 is 0. The predicted octanol–water partition coefficient (Wildman–Crippen LogP) is 2.52. The number of rotatable bonds is 7. The van der Waals surface area contributed by atoms with Gasteiger partial charge in [0.25, 0.3) is 0 Å². The number of pyridine rings is 1. The van der Waals surface area contributed by atoms with Gasteiger partial charge < -0.3 is 10.2 Å². The van der Waals surface area contributed by atoms with Gasteiger partial charge in [0.05, 0.1) is 0 Å². The lowest BCUT2D eigenvalue weighted by Crippen LogP contribution is -2.38. The molecule has 0 aromatic carbocycles. The fourth-order valence-electron chi connectivity index (χ4n) is 2.02. The van der Waals surface area contributed by atoms with Gasteiger partial charge in [0, 0.05) is 31.0 Å². The molecule has 0 radical (unpaired) electrons. The topological polar surface area (TPSA) is 28.2 Å². The van der Waals surface area contributed by atoms with Crippen LogP contribution in [0.2, 0.25) is 0 Å². The van der Waals surface area contributed by atoms with Crippen LogP contribution in [0.15, 0.2) is 12.3 Å². The molecule has 1 rings (SSSR count). The molecule has 1 aromatic rings. The standard InChI is InChI=1S/C15H27N3/c1-6-18(7-2)11-13(4)16-9-15-8-12(3)14(5)17-10-15/h8,10,13,16H,6-7,9,11H2,1-5H3/t13-/m1/s1. The van der Waals surface area contributed by atoms with E-state index in [1.807, 2.05) is 6.20 Å². The molecule has 1 aromatic heterocycles. The van der Waals surface area contributed by atoms with E-state index in [1.165, 1.54) is 11.1 Å². The molecule has 0 unspecified atom stereocenters. The summed E-state index contributed by atoms with van der Waals surface area (Å²) >= 11 is 0. The van der Waals surface area contributed by atoms with Gasteiger partial charge in [0.2, 0.25) is 0 Å². The van der Waals surface area contributed by atoms with Crippen molar-refractivity contribution in [2.45, 2.75) is 47.2 Å². The largest absolute Gasteiger partial charge is 0.309 e. The highest BCUT2D eigenvalue weighted by Crippen LogP contribution is 2.06. The summed E-state index contributed by atoms with van der Waals surface area (Å²) in [5, 5.41) is 3.56. The van der Waals surface area contributed by atoms with Gasteiger partial charge in [-0.1, -0.05) is 19.9 Å². The van der Waals surface area contributed by atoms with Gasteiger partial charge in [-0.25, -0.2) is 0 Å². The van der Waals surface area contributed by atoms with Gasteiger partial charge >= 0.3 is 0 Å². The van der Waals surface area contributed by atoms with Crippen LogP contribution in [0, 0.1) is 13.8 Å². The zero-order valence-electron chi connectivity index (χ0n) is 12.5. The lowest BCUT2D eigenvalue weighted by atomic mass is 10.1. The summed E-state index contributed by atoms with van der Waals surface area (Å²) in [6, 6.07) is 2.73. The van der Waals surface area contributed by atoms with E-state index in [0.717, 1.165) is 31.9 Å². The van der Waals surface area contributed by atoms with Crippen molar-refractivity contribution in [1.29, 1.82) is 0 Å². The normalized spacial score (nSPS) is 13.0. The molecule has 1 atom stereocenters. The maximum atomic E-state index is 4.40. The Morgan fingerprint density at radius 2 is 1.94 bits per heavy atom. The number of hydrogen-bond donors (Lipinski definition) is 1. The van der Waals surface area contributed by atoms with Crippen LogP contribution >= 0.6 is 0 Å². The first-order valence-corrected chi connectivity index (χ1v) is 6.94. The summed E-state index contributed by atoms with van der Waals surface area (Å²) in [7, 11) is 0. The van der Waals surface area contributed by atoms with Crippen LogP contribution in [0.25, 0.3) is 0 Å². The van der Waals surface area contributed by atoms with Crippen LogP contribution in [0.4, 0.5) is 0 Å². The van der Waals surface area contributed by atoms with Crippen molar-refractivity contribution in [3.63, 3.8) is 0 Å². The van der Waals surface area contributed by atoms with Gasteiger partial charge in [-0.15, -0.1) is 0 Å². The molecule has 0 saturated carbocycles. The molecule has 18 heavy (non-hydrogen) atoms. The van der Waals surface area contributed by atoms with E-state index in [4.69, 9.17) is 0 Å². The van der Waals surface area contributed by atoms with E-state index in [-0.39, 0.29) is 0 Å². The highest BCUT2D eigenvalue weighted by molar-refractivity contribution is 5.22. The smallest absolute Gasteiger partial charge is 0.0402 e. The molecule has 0 aliphatic rings. The van der Waals surface area contributed by atoms with E-state index in [2.05, 4.69) is 55.9 Å². The van der Waals surface area contributed by atoms with Gasteiger partial charge in [0.1, 0.15) is 0 Å². The fourth-order valence-corrected chi connectivity index (χ4v) is 2.02. The Kier molecular flexibility index (Phi) is 6.30. The third-order valence-corrected chi connectivity index (χ3v) is 3.48. The average molecular weight is 249 g/mol. The Bertz CT molecular complexity index is 359. The summed E-state index contributed by atoms with van der Waals surface area (Å²) in [5.74, 6) is 0. The van der Waals surface area contributed by atoms with Crippen molar-refractivity contribution in [3.8, 4) is 0 Å². The first-order chi connectivity index (χ1) is 8.56. The van der Waals surface area contributed by atoms with Crippen LogP contribution < -0.4 is 5.32 Å². The van der Waals surface area contributed by atoms with E-state index in [1.54, 1.807) is 0 Å². The fraction of sp³-hybridized carbons (Fsp3) is 0.667. The highest BCUT2D eigenvalue weighted by Gasteiger charge is 2.06. The van der Waals surface area contributed by atoms with Crippen LogP contribution in [0.5, 0.6) is 0 Å². The maximum Gasteiger partial charge on any atom is 0.0402 e. The molecule has 0 spiro atoms. The minimum Gasteiger partial charge on any atom is -0.309 e. The average Bonchev–Trinajstić information content (AvgIpc) is 2.37. The van der Waals surface area contributed by atoms with Gasteiger partial charge in [0.15, 0.2) is 0 Å². The van der Waals surface area contributed by atoms with E-state index in [0.29, 0.717) is 6.04 Å². The number of aryl methyl sites for hydroxylation is 2. The highest BCUT2D eigenvalue weighted by atomic mass is 15.1. The molecule has 1 N–H and O–H groups in total. The lowest BCUT2D eigenvalue weighted by Gasteiger charge is -2.23. The van der Waals surface area contributed by atoms with E-state index < -0.39 is 0 Å². The second-order valence-electron chi connectivity index (χ2n) is 5.01. The third kappa shape index (κ3) is 4.75. The molecule has 1 heterocycles. The van der Waals surface area contributed by atoms with Gasteiger partial charge in [-0.2, -0.15) is 0 Å². The molecule has 0 amide bonds. The predicted molar refractivity (Wildman–Crippen MR) is 77.8 cm³/mol. The lowest BCUT2D eigenvalue weighted by molar-refractivity contribution is 0.270. The molecular formula is C15H27N3. The third-order valence-electron chi connectivity index (χ3n) is 3.48. The summed E-state index contributed by atoms with van der Waals surface area (Å²) in [6.07, 6.45) is 1.97. The van der Waals surface area contributed by atoms with E-state index >= 15 is 0 Å². The van der Waals surface area contributed by atoms with Gasteiger partial charge in [-0.05, 0) is 45.0 Å². The number of likely N-dealkylation sites (N-methyl/N-ethyl adjacent to an activating group) is 1. The number of aromatic nitrogens is 1. The Labute approximate surface area is 112 Å². The van der Waals surface area contributed by atoms with Crippen LogP contribution in [0.1, 0.15) is 37.6 Å². The molecule has 3 heteroatoms. The zero-order chi connectivity index (χ0) is 13.5. The molecule has 0 fully saturated rings. The van der Waals surface area contributed by atoms with Crippen molar-refractivity contribution in [2.75, 3.05) is 19.6 Å². The first kappa shape index (κ1) is 15.1. The Morgan fingerprint density at radius 3 is 2.50 bits per heavy atom. The maximum absolute atomic E-state index is 4.40. The van der Waals surface area contributed by atoms with Crippen LogP contribution in [0.3, 0.4) is 0 Å². The molecule has 3 nitrogen and oxygen atoms in total. The SMILES string of the molecule is CCN(CC)C[C@@H](C)NCc1cnc(C)c(C)c1. The zero-order valence-corrected chi connectivity index (χ0v) is 12.5. The molecule has 0 aliphatic heterocycles. The van der Waals surface area contributed by atoms with Gasteiger partial charge in [-0.3, -0.25) is 4.98 Å².